The number of ketones is 1. The first-order chi connectivity index (χ1) is 9.29. The van der Waals surface area contributed by atoms with E-state index in [1.807, 2.05) is 0 Å². The molecule has 0 radical (unpaired) electrons. The number of rotatable bonds is 5. The van der Waals surface area contributed by atoms with Gasteiger partial charge in [0, 0.05) is 38.1 Å². The van der Waals surface area contributed by atoms with Crippen LogP contribution in [0.25, 0.3) is 0 Å². The lowest BCUT2D eigenvalue weighted by Gasteiger charge is -2.24. The first-order valence-corrected chi connectivity index (χ1v) is 6.73. The van der Waals surface area contributed by atoms with Gasteiger partial charge >= 0.3 is 6.18 Å². The summed E-state index contributed by atoms with van der Waals surface area (Å²) in [5, 5.41) is 3.04. The minimum absolute atomic E-state index is 0.142. The van der Waals surface area contributed by atoms with Gasteiger partial charge in [0.25, 0.3) is 5.78 Å². The molecule has 0 bridgehead atoms. The maximum atomic E-state index is 12.3. The maximum Gasteiger partial charge on any atom is 0.454 e. The molecule has 1 saturated carbocycles. The Kier molecular flexibility index (Phi) is 6.10. The molecule has 0 saturated heterocycles. The normalized spacial score (nSPS) is 18.4. The van der Waals surface area contributed by atoms with E-state index < -0.39 is 12.0 Å². The van der Waals surface area contributed by atoms with Crippen molar-refractivity contribution in [1.82, 2.24) is 10.2 Å². The van der Waals surface area contributed by atoms with Crippen LogP contribution in [-0.4, -0.2) is 37.0 Å². The Morgan fingerprint density at radius 3 is 2.30 bits per heavy atom. The van der Waals surface area contributed by atoms with Crippen molar-refractivity contribution >= 4 is 5.78 Å². The van der Waals surface area contributed by atoms with E-state index >= 15 is 0 Å². The van der Waals surface area contributed by atoms with Gasteiger partial charge in [0.15, 0.2) is 0 Å². The Labute approximate surface area is 117 Å². The van der Waals surface area contributed by atoms with Crippen LogP contribution in [0.15, 0.2) is 24.0 Å². The minimum atomic E-state index is -4.83. The molecule has 0 unspecified atom stereocenters. The molecule has 0 aliphatic heterocycles. The molecule has 1 aliphatic rings. The molecule has 0 spiro atoms. The van der Waals surface area contributed by atoms with E-state index in [1.165, 1.54) is 6.08 Å². The number of nitrogens with zero attached hydrogens (tertiary/aromatic N) is 1. The Balaban J connectivity index is 2.78. The average Bonchev–Trinajstić information content (AvgIpc) is 2.36. The van der Waals surface area contributed by atoms with Crippen molar-refractivity contribution in [2.45, 2.75) is 44.3 Å². The second kappa shape index (κ2) is 7.36. The molecule has 3 nitrogen and oxygen atoms in total. The van der Waals surface area contributed by atoms with Crippen LogP contribution in [0.1, 0.15) is 32.1 Å². The van der Waals surface area contributed by atoms with Gasteiger partial charge in [0.1, 0.15) is 0 Å². The molecule has 1 aliphatic carbocycles. The van der Waals surface area contributed by atoms with Crippen LogP contribution in [0.5, 0.6) is 0 Å². The van der Waals surface area contributed by atoms with Crippen molar-refractivity contribution in [3.8, 4) is 0 Å². The standard InChI is InChI=1S/C14H21F3N2O/c1-19(2)9-8-12(10-13(20)14(15,16)17)18-11-6-4-3-5-7-11/h8-11,18H,3-7H2,1-2H3/b9-8+,12-10-. The number of alkyl halides is 3. The van der Waals surface area contributed by atoms with Crippen molar-refractivity contribution in [3.05, 3.63) is 24.0 Å². The summed E-state index contributed by atoms with van der Waals surface area (Å²) in [5.74, 6) is -1.83. The Hall–Kier alpha value is -1.46. The predicted molar refractivity (Wildman–Crippen MR) is 72.0 cm³/mol. The average molecular weight is 290 g/mol. The van der Waals surface area contributed by atoms with Crippen molar-refractivity contribution in [1.29, 1.82) is 0 Å². The van der Waals surface area contributed by atoms with Gasteiger partial charge in [-0.05, 0) is 18.9 Å². The van der Waals surface area contributed by atoms with Gasteiger partial charge in [-0.15, -0.1) is 0 Å². The quantitative estimate of drug-likeness (QED) is 0.624. The van der Waals surface area contributed by atoms with Gasteiger partial charge in [-0.2, -0.15) is 13.2 Å². The van der Waals surface area contributed by atoms with E-state index in [0.717, 1.165) is 32.1 Å². The van der Waals surface area contributed by atoms with Gasteiger partial charge in [-0.3, -0.25) is 4.79 Å². The number of carbonyl (C=O) groups is 1. The summed E-state index contributed by atoms with van der Waals surface area (Å²) in [7, 11) is 3.53. The number of allylic oxidation sites excluding steroid dienone is 2. The van der Waals surface area contributed by atoms with Crippen molar-refractivity contribution < 1.29 is 18.0 Å². The topological polar surface area (TPSA) is 32.3 Å². The van der Waals surface area contributed by atoms with Crippen LogP contribution in [0.4, 0.5) is 13.2 Å². The lowest BCUT2D eigenvalue weighted by molar-refractivity contribution is -0.165. The molecule has 114 valence electrons. The third-order valence-corrected chi connectivity index (χ3v) is 3.09. The summed E-state index contributed by atoms with van der Waals surface area (Å²) in [5.41, 5.74) is 0.216. The lowest BCUT2D eigenvalue weighted by atomic mass is 9.95. The molecule has 0 aromatic heterocycles. The first-order valence-electron chi connectivity index (χ1n) is 6.73. The van der Waals surface area contributed by atoms with Gasteiger partial charge in [-0.1, -0.05) is 19.3 Å². The molecular weight excluding hydrogens is 269 g/mol. The van der Waals surface area contributed by atoms with Crippen molar-refractivity contribution in [2.75, 3.05) is 14.1 Å². The molecule has 1 N–H and O–H groups in total. The van der Waals surface area contributed by atoms with Crippen LogP contribution in [0, 0.1) is 0 Å². The van der Waals surface area contributed by atoms with E-state index in [9.17, 15) is 18.0 Å². The van der Waals surface area contributed by atoms with Crippen LogP contribution in [-0.2, 0) is 4.79 Å². The highest BCUT2D eigenvalue weighted by molar-refractivity contribution is 5.95. The van der Waals surface area contributed by atoms with Crippen molar-refractivity contribution in [2.24, 2.45) is 0 Å². The highest BCUT2D eigenvalue weighted by Crippen LogP contribution is 2.20. The maximum absolute atomic E-state index is 12.3. The molecular formula is C14H21F3N2O. The van der Waals surface area contributed by atoms with E-state index in [2.05, 4.69) is 5.32 Å². The largest absolute Gasteiger partial charge is 0.454 e. The summed E-state index contributed by atoms with van der Waals surface area (Å²) >= 11 is 0. The second-order valence-electron chi connectivity index (χ2n) is 5.22. The number of carbonyl (C=O) groups excluding carboxylic acids is 1. The lowest BCUT2D eigenvalue weighted by Crippen LogP contribution is -2.31. The minimum Gasteiger partial charge on any atom is -0.383 e. The monoisotopic (exact) mass is 290 g/mol. The summed E-state index contributed by atoms with van der Waals surface area (Å²) in [6.07, 6.45) is 4.06. The summed E-state index contributed by atoms with van der Waals surface area (Å²) in [6.45, 7) is 0. The fourth-order valence-corrected chi connectivity index (χ4v) is 2.07. The third-order valence-electron chi connectivity index (χ3n) is 3.09. The molecule has 1 rings (SSSR count). The molecule has 0 aromatic carbocycles. The van der Waals surface area contributed by atoms with Crippen LogP contribution < -0.4 is 5.32 Å². The number of hydrogen-bond acceptors (Lipinski definition) is 3. The summed E-state index contributed by atoms with van der Waals surface area (Å²) in [6, 6.07) is 0.142. The summed E-state index contributed by atoms with van der Waals surface area (Å²) < 4.78 is 37.0. The number of nitrogens with one attached hydrogen (secondary N) is 1. The first kappa shape index (κ1) is 16.6. The Bertz CT molecular complexity index is 380. The number of halogens is 3. The van der Waals surface area contributed by atoms with E-state index in [-0.39, 0.29) is 11.7 Å². The smallest absolute Gasteiger partial charge is 0.383 e. The Morgan fingerprint density at radius 2 is 1.80 bits per heavy atom. The fourth-order valence-electron chi connectivity index (χ4n) is 2.07. The Morgan fingerprint density at radius 1 is 1.20 bits per heavy atom. The van der Waals surface area contributed by atoms with Gasteiger partial charge < -0.3 is 10.2 Å². The number of hydrogen-bond donors (Lipinski definition) is 1. The highest BCUT2D eigenvalue weighted by Gasteiger charge is 2.36. The zero-order valence-corrected chi connectivity index (χ0v) is 11.8. The summed E-state index contributed by atoms with van der Waals surface area (Å²) in [4.78, 5) is 12.8. The fraction of sp³-hybridized carbons (Fsp3) is 0.643. The highest BCUT2D eigenvalue weighted by atomic mass is 19.4. The predicted octanol–water partition coefficient (Wildman–Crippen LogP) is 3.00. The van der Waals surface area contributed by atoms with E-state index in [4.69, 9.17) is 0 Å². The zero-order chi connectivity index (χ0) is 15.2. The molecule has 6 heteroatoms. The van der Waals surface area contributed by atoms with Gasteiger partial charge in [0.2, 0.25) is 0 Å². The van der Waals surface area contributed by atoms with Crippen LogP contribution in [0.2, 0.25) is 0 Å². The van der Waals surface area contributed by atoms with Gasteiger partial charge in [0.05, 0.1) is 0 Å². The molecule has 20 heavy (non-hydrogen) atoms. The van der Waals surface area contributed by atoms with Crippen LogP contribution >= 0.6 is 0 Å². The van der Waals surface area contributed by atoms with Gasteiger partial charge in [-0.25, -0.2) is 0 Å². The SMILES string of the molecule is CN(C)/C=C/C(=C/C(=O)C(F)(F)F)NC1CCCCC1. The molecule has 0 atom stereocenters. The molecule has 1 fully saturated rings. The zero-order valence-electron chi connectivity index (χ0n) is 11.8. The molecule has 0 amide bonds. The van der Waals surface area contributed by atoms with Crippen molar-refractivity contribution in [3.63, 3.8) is 0 Å². The van der Waals surface area contributed by atoms with E-state index in [0.29, 0.717) is 6.08 Å². The van der Waals surface area contributed by atoms with E-state index in [1.54, 1.807) is 25.2 Å². The second-order valence-corrected chi connectivity index (χ2v) is 5.22. The molecule has 0 aromatic rings. The molecule has 0 heterocycles. The third kappa shape index (κ3) is 6.12. The van der Waals surface area contributed by atoms with Crippen LogP contribution in [0.3, 0.4) is 0 Å².